The Morgan fingerprint density at radius 2 is 0.507 bits per heavy atom. The summed E-state index contributed by atoms with van der Waals surface area (Å²) in [5.41, 5.74) is 33.7. The molecule has 0 radical (unpaired) electrons. The summed E-state index contributed by atoms with van der Waals surface area (Å²) in [5, 5.41) is 13.4. The van der Waals surface area contributed by atoms with Crippen molar-refractivity contribution in [2.24, 2.45) is 0 Å². The van der Waals surface area contributed by atoms with E-state index in [-0.39, 0.29) is 0 Å². The average molecular weight is 1960 g/mol. The van der Waals surface area contributed by atoms with E-state index in [1.165, 1.54) is 106 Å². The lowest BCUT2D eigenvalue weighted by atomic mass is 9.96. The van der Waals surface area contributed by atoms with E-state index in [9.17, 15) is 0 Å². The van der Waals surface area contributed by atoms with Crippen molar-refractivity contribution in [3.63, 3.8) is 0 Å². The second-order valence-corrected chi connectivity index (χ2v) is 41.5. The van der Waals surface area contributed by atoms with Crippen molar-refractivity contribution >= 4 is 181 Å². The molecule has 0 saturated carbocycles. The molecule has 0 N–H and O–H groups in total. The highest BCUT2D eigenvalue weighted by Crippen LogP contribution is 2.49. The maximum absolute atomic E-state index is 6.38. The van der Waals surface area contributed by atoms with Crippen molar-refractivity contribution in [3.05, 3.63) is 504 Å². The maximum Gasteiger partial charge on any atom is 0.160 e. The summed E-state index contributed by atoms with van der Waals surface area (Å²) in [4.78, 5) is 31.6. The fourth-order valence-electron chi connectivity index (χ4n) is 21.3. The predicted octanol–water partition coefficient (Wildman–Crippen LogP) is 38.7. The van der Waals surface area contributed by atoms with Gasteiger partial charge in [-0.1, -0.05) is 400 Å². The van der Waals surface area contributed by atoms with Gasteiger partial charge in [0.25, 0.3) is 0 Å². The number of benzene rings is 21. The first-order valence-electron chi connectivity index (χ1n) is 49.6. The Labute approximate surface area is 867 Å². The van der Waals surface area contributed by atoms with E-state index in [1.54, 1.807) is 34.0 Å². The Balaban J connectivity index is 0.000000107. The molecular formula is C136H83N7OS4. The van der Waals surface area contributed by atoms with Crippen molar-refractivity contribution in [2.45, 2.75) is 0 Å². The molecule has 30 aromatic rings. The standard InChI is InChI=1S/C46H28N2OS.C46H28N2S2.C44H27N3S/c2*1-2-12-29(13-3-1)30-14-9-18-34(27-30)42-45-43(39-21-5-7-25-41(39)50-45)48-46(47-42)35-19-10-16-32(28-35)31-15-8-17-33(26-31)36-22-11-23-38-37-20-4-6-24-40(37)49-44(36)38;1-3-13-29(14-4-1)41-43-42(35-20-9-10-21-39(35)48-43)46-44(45-41)32-16-11-15-30(26-32)31-23-24-37-36(27-31)40-34-19-8-7-12-28(34)22-25-38(40)47(37)33-17-5-2-6-18-33/h2*1-28H;1-27H. The molecule has 0 aliphatic heterocycles. The van der Waals surface area contributed by atoms with E-state index < -0.39 is 0 Å². The summed E-state index contributed by atoms with van der Waals surface area (Å²) >= 11 is 7.16. The highest BCUT2D eigenvalue weighted by molar-refractivity contribution is 7.27. The summed E-state index contributed by atoms with van der Waals surface area (Å²) in [5.74, 6) is 2.18. The van der Waals surface area contributed by atoms with Gasteiger partial charge in [-0.3, -0.25) is 0 Å². The molecule has 0 aliphatic rings. The van der Waals surface area contributed by atoms with Crippen molar-refractivity contribution in [2.75, 3.05) is 0 Å². The number of thiophene rings is 4. The van der Waals surface area contributed by atoms with Crippen LogP contribution in [0, 0.1) is 0 Å². The molecule has 148 heavy (non-hydrogen) atoms. The molecule has 12 heteroatoms. The third kappa shape index (κ3) is 15.8. The second kappa shape index (κ2) is 37.1. The third-order valence-corrected chi connectivity index (χ3v) is 33.1. The Kier molecular flexibility index (Phi) is 21.9. The van der Waals surface area contributed by atoms with E-state index in [1.807, 2.05) is 29.5 Å². The first-order chi connectivity index (χ1) is 73.3. The molecule has 0 aliphatic carbocycles. The number of aromatic nitrogens is 7. The molecule has 0 spiro atoms. The number of nitrogens with zero attached hydrogens (tertiary/aromatic N) is 7. The number of furan rings is 1. The minimum Gasteiger partial charge on any atom is -0.455 e. The highest BCUT2D eigenvalue weighted by Gasteiger charge is 2.26. The molecule has 30 rings (SSSR count). The summed E-state index contributed by atoms with van der Waals surface area (Å²) in [7, 11) is 0. The van der Waals surface area contributed by atoms with Gasteiger partial charge < -0.3 is 8.98 Å². The first kappa shape index (κ1) is 87.4. The molecule has 8 nitrogen and oxygen atoms in total. The van der Waals surface area contributed by atoms with Gasteiger partial charge in [0.05, 0.1) is 58.8 Å². The van der Waals surface area contributed by atoms with Crippen LogP contribution in [0.15, 0.2) is 508 Å². The van der Waals surface area contributed by atoms with Crippen LogP contribution >= 0.6 is 45.3 Å². The number of fused-ring (bicyclic) bond motifs is 20. The summed E-state index contributed by atoms with van der Waals surface area (Å²) < 4.78 is 18.4. The molecule has 21 aromatic carbocycles. The minimum absolute atomic E-state index is 0.714. The van der Waals surface area contributed by atoms with E-state index in [0.717, 1.165) is 176 Å². The summed E-state index contributed by atoms with van der Waals surface area (Å²) in [6.07, 6.45) is 0. The van der Waals surface area contributed by atoms with Crippen LogP contribution in [0.1, 0.15) is 0 Å². The van der Waals surface area contributed by atoms with Crippen LogP contribution < -0.4 is 0 Å². The van der Waals surface area contributed by atoms with Gasteiger partial charge in [0.15, 0.2) is 17.5 Å². The lowest BCUT2D eigenvalue weighted by Crippen LogP contribution is -1.94. The second-order valence-electron chi connectivity index (χ2n) is 37.3. The smallest absolute Gasteiger partial charge is 0.160 e. The summed E-state index contributed by atoms with van der Waals surface area (Å²) in [6.45, 7) is 0. The fraction of sp³-hybridized carbons (Fsp3) is 0. The molecule has 0 amide bonds. The van der Waals surface area contributed by atoms with Crippen molar-refractivity contribution in [3.8, 4) is 152 Å². The predicted molar refractivity (Wildman–Crippen MR) is 627 cm³/mol. The Bertz CT molecular complexity index is 10100. The van der Waals surface area contributed by atoms with E-state index >= 15 is 0 Å². The molecule has 0 bridgehead atoms. The fourth-order valence-corrected chi connectivity index (χ4v) is 26.0. The lowest BCUT2D eigenvalue weighted by molar-refractivity contribution is 0.670. The minimum atomic E-state index is 0.714. The Morgan fingerprint density at radius 3 is 1.01 bits per heavy atom. The number of hydrogen-bond acceptors (Lipinski definition) is 11. The van der Waals surface area contributed by atoms with Crippen LogP contribution in [0.3, 0.4) is 0 Å². The van der Waals surface area contributed by atoms with Gasteiger partial charge in [-0.25, -0.2) is 29.9 Å². The molecule has 0 unspecified atom stereocenters. The van der Waals surface area contributed by atoms with Gasteiger partial charge in [-0.2, -0.15) is 0 Å². The highest BCUT2D eigenvalue weighted by atomic mass is 32.1. The van der Waals surface area contributed by atoms with Gasteiger partial charge in [0.1, 0.15) is 11.2 Å². The van der Waals surface area contributed by atoms with E-state index in [2.05, 4.69) is 490 Å². The van der Waals surface area contributed by atoms with Crippen molar-refractivity contribution < 1.29 is 4.42 Å². The van der Waals surface area contributed by atoms with Gasteiger partial charge in [0.2, 0.25) is 0 Å². The Morgan fingerprint density at radius 1 is 0.182 bits per heavy atom. The molecule has 0 saturated heterocycles. The Hall–Kier alpha value is -18.4. The van der Waals surface area contributed by atoms with Gasteiger partial charge in [-0.05, 0) is 186 Å². The van der Waals surface area contributed by atoms with Crippen LogP contribution in [0.5, 0.6) is 0 Å². The molecule has 0 atom stereocenters. The van der Waals surface area contributed by atoms with E-state index in [0.29, 0.717) is 5.82 Å². The molecule has 9 aromatic heterocycles. The number of hydrogen-bond donors (Lipinski definition) is 0. The molecular weight excluding hydrogens is 1880 g/mol. The number of para-hydroxylation sites is 3. The molecule has 0 fully saturated rings. The van der Waals surface area contributed by atoms with Crippen molar-refractivity contribution in [1.82, 2.24) is 34.5 Å². The van der Waals surface area contributed by atoms with Crippen molar-refractivity contribution in [1.29, 1.82) is 0 Å². The van der Waals surface area contributed by atoms with Crippen LogP contribution in [0.2, 0.25) is 0 Å². The van der Waals surface area contributed by atoms with Crippen LogP contribution in [-0.4, -0.2) is 34.5 Å². The maximum atomic E-state index is 6.38. The quantitative estimate of drug-likeness (QED) is 0.107. The lowest BCUT2D eigenvalue weighted by Gasteiger charge is -2.11. The van der Waals surface area contributed by atoms with Gasteiger partial charge >= 0.3 is 0 Å². The first-order valence-corrected chi connectivity index (χ1v) is 52.9. The normalized spacial score (nSPS) is 11.6. The largest absolute Gasteiger partial charge is 0.455 e. The molecule has 9 heterocycles. The third-order valence-electron chi connectivity index (χ3n) is 28.4. The molecule has 692 valence electrons. The SMILES string of the molecule is c1ccc(-c2cccc(-c3nc(-c4cccc(-c5cccc(-c6cccc7c6oc6ccccc67)c5)c4)nc4c3sc3ccccc34)c2)cc1.c1ccc(-c2cccc(-c3nc(-c4cccc(-c5cccc(-c6cccc7c6sc6ccccc67)c5)c4)nc4c3sc3ccccc34)c2)cc1.c1ccc(-c2nc(-c3cccc(-c4ccc5c(c4)c4c6ccccc6ccc4n5-c4ccccc4)c3)nc3c2sc2ccccc23)cc1. The number of rotatable bonds is 14. The van der Waals surface area contributed by atoms with Crippen LogP contribution in [0.25, 0.3) is 287 Å². The zero-order valence-corrected chi connectivity index (χ0v) is 82.9. The van der Waals surface area contributed by atoms with Gasteiger partial charge in [0, 0.05) is 117 Å². The topological polar surface area (TPSA) is 95.4 Å². The monoisotopic (exact) mass is 1960 g/mol. The van der Waals surface area contributed by atoms with E-state index in [4.69, 9.17) is 34.3 Å². The zero-order valence-electron chi connectivity index (χ0n) is 79.6. The van der Waals surface area contributed by atoms with Crippen LogP contribution in [-0.2, 0) is 0 Å². The average Bonchev–Trinajstić information content (AvgIpc) is 1.53. The summed E-state index contributed by atoms with van der Waals surface area (Å²) in [6, 6.07) is 179. The van der Waals surface area contributed by atoms with Gasteiger partial charge in [-0.15, -0.1) is 45.3 Å². The zero-order chi connectivity index (χ0) is 97.6. The van der Waals surface area contributed by atoms with Crippen LogP contribution in [0.4, 0.5) is 0 Å².